The van der Waals surface area contributed by atoms with E-state index in [0.29, 0.717) is 11.0 Å². The smallest absolute Gasteiger partial charge is 0.169 e. The molecule has 0 aromatic carbocycles. The summed E-state index contributed by atoms with van der Waals surface area (Å²) in [5.74, 6) is 0.560. The number of aromatic nitrogens is 1. The molecule has 58 valence electrons. The Kier molecular flexibility index (Phi) is 2.62. The SMILES string of the molecule is NC(=S)Nc1cccc(Cl)n1. The van der Waals surface area contributed by atoms with Crippen LogP contribution in [0.25, 0.3) is 0 Å². The number of nitrogens with one attached hydrogen (secondary N) is 1. The lowest BCUT2D eigenvalue weighted by molar-refractivity contribution is 1.32. The van der Waals surface area contributed by atoms with Crippen LogP contribution in [0.3, 0.4) is 0 Å². The van der Waals surface area contributed by atoms with Crippen LogP contribution in [0.2, 0.25) is 5.15 Å². The molecule has 0 saturated carbocycles. The number of hydrogen-bond donors (Lipinski definition) is 2. The molecule has 0 aliphatic rings. The molecular weight excluding hydrogens is 182 g/mol. The molecule has 1 heterocycles. The highest BCUT2D eigenvalue weighted by Crippen LogP contribution is 2.08. The number of nitrogens with zero attached hydrogens (tertiary/aromatic N) is 1. The third kappa shape index (κ3) is 2.69. The second-order valence-electron chi connectivity index (χ2n) is 1.83. The van der Waals surface area contributed by atoms with Crippen molar-refractivity contribution in [1.29, 1.82) is 0 Å². The molecule has 5 heteroatoms. The zero-order valence-corrected chi connectivity index (χ0v) is 7.12. The summed E-state index contributed by atoms with van der Waals surface area (Å²) in [7, 11) is 0. The predicted octanol–water partition coefficient (Wildman–Crippen LogP) is 1.39. The molecule has 0 amide bonds. The lowest BCUT2D eigenvalue weighted by Gasteiger charge is -2.00. The number of pyridine rings is 1. The fourth-order valence-electron chi connectivity index (χ4n) is 0.604. The van der Waals surface area contributed by atoms with Crippen LogP contribution in [0.15, 0.2) is 18.2 Å². The van der Waals surface area contributed by atoms with Crippen molar-refractivity contribution in [1.82, 2.24) is 4.98 Å². The quantitative estimate of drug-likeness (QED) is 0.516. The van der Waals surface area contributed by atoms with E-state index >= 15 is 0 Å². The van der Waals surface area contributed by atoms with Crippen LogP contribution in [-0.4, -0.2) is 10.1 Å². The second kappa shape index (κ2) is 3.50. The number of thiocarbonyl (C=S) groups is 1. The average molecular weight is 188 g/mol. The number of anilines is 1. The summed E-state index contributed by atoms with van der Waals surface area (Å²) in [6, 6.07) is 5.16. The molecule has 11 heavy (non-hydrogen) atoms. The van der Waals surface area contributed by atoms with Crippen molar-refractivity contribution in [3.63, 3.8) is 0 Å². The zero-order chi connectivity index (χ0) is 8.27. The first-order valence-corrected chi connectivity index (χ1v) is 3.66. The number of hydrogen-bond acceptors (Lipinski definition) is 2. The number of halogens is 1. The van der Waals surface area contributed by atoms with Gasteiger partial charge in [-0.15, -0.1) is 0 Å². The van der Waals surface area contributed by atoms with Gasteiger partial charge in [0, 0.05) is 0 Å². The van der Waals surface area contributed by atoms with Crippen molar-refractivity contribution >= 4 is 34.7 Å². The van der Waals surface area contributed by atoms with Crippen LogP contribution < -0.4 is 11.1 Å². The molecule has 0 fully saturated rings. The first kappa shape index (κ1) is 8.23. The molecular formula is C6H6ClN3S. The van der Waals surface area contributed by atoms with E-state index in [4.69, 9.17) is 17.3 Å². The summed E-state index contributed by atoms with van der Waals surface area (Å²) in [5, 5.41) is 3.25. The summed E-state index contributed by atoms with van der Waals surface area (Å²) < 4.78 is 0. The summed E-state index contributed by atoms with van der Waals surface area (Å²) in [6.45, 7) is 0. The fraction of sp³-hybridized carbons (Fsp3) is 0. The van der Waals surface area contributed by atoms with Crippen LogP contribution in [-0.2, 0) is 0 Å². The van der Waals surface area contributed by atoms with E-state index in [1.54, 1.807) is 18.2 Å². The summed E-state index contributed by atoms with van der Waals surface area (Å²) in [5.41, 5.74) is 5.21. The lowest BCUT2D eigenvalue weighted by Crippen LogP contribution is -2.19. The molecule has 0 unspecified atom stereocenters. The predicted molar refractivity (Wildman–Crippen MR) is 49.7 cm³/mol. The molecule has 0 bridgehead atoms. The first-order chi connectivity index (χ1) is 5.18. The number of rotatable bonds is 1. The van der Waals surface area contributed by atoms with Crippen molar-refractivity contribution in [2.75, 3.05) is 5.32 Å². The molecule has 0 saturated heterocycles. The Labute approximate surface area is 74.6 Å². The van der Waals surface area contributed by atoms with E-state index in [9.17, 15) is 0 Å². The van der Waals surface area contributed by atoms with E-state index in [-0.39, 0.29) is 5.11 Å². The van der Waals surface area contributed by atoms with E-state index in [2.05, 4.69) is 22.5 Å². The third-order valence-corrected chi connectivity index (χ3v) is 1.28. The Balaban J connectivity index is 2.79. The molecule has 0 spiro atoms. The van der Waals surface area contributed by atoms with Crippen molar-refractivity contribution in [2.24, 2.45) is 5.73 Å². The summed E-state index contributed by atoms with van der Waals surface area (Å²) >= 11 is 10.2. The van der Waals surface area contributed by atoms with E-state index in [1.165, 1.54) is 0 Å². The Morgan fingerprint density at radius 2 is 2.36 bits per heavy atom. The minimum absolute atomic E-state index is 0.180. The van der Waals surface area contributed by atoms with Gasteiger partial charge in [-0.1, -0.05) is 17.7 Å². The van der Waals surface area contributed by atoms with Crippen LogP contribution in [0, 0.1) is 0 Å². The molecule has 0 aliphatic carbocycles. The Morgan fingerprint density at radius 3 is 2.91 bits per heavy atom. The van der Waals surface area contributed by atoms with Crippen LogP contribution in [0.5, 0.6) is 0 Å². The van der Waals surface area contributed by atoms with Gasteiger partial charge >= 0.3 is 0 Å². The largest absolute Gasteiger partial charge is 0.376 e. The third-order valence-electron chi connectivity index (χ3n) is 0.966. The molecule has 1 rings (SSSR count). The van der Waals surface area contributed by atoms with Gasteiger partial charge in [-0.2, -0.15) is 0 Å². The van der Waals surface area contributed by atoms with E-state index in [0.717, 1.165) is 0 Å². The standard InChI is InChI=1S/C6H6ClN3S/c7-4-2-1-3-5(9-4)10-6(8)11/h1-3H,(H3,8,9,10,11). The van der Waals surface area contributed by atoms with Crippen LogP contribution >= 0.6 is 23.8 Å². The highest BCUT2D eigenvalue weighted by atomic mass is 35.5. The van der Waals surface area contributed by atoms with Gasteiger partial charge < -0.3 is 11.1 Å². The number of nitrogens with two attached hydrogens (primary N) is 1. The maximum atomic E-state index is 5.59. The van der Waals surface area contributed by atoms with Crippen molar-refractivity contribution < 1.29 is 0 Å². The van der Waals surface area contributed by atoms with Gasteiger partial charge in [-0.25, -0.2) is 4.98 Å². The highest BCUT2D eigenvalue weighted by molar-refractivity contribution is 7.80. The van der Waals surface area contributed by atoms with Gasteiger partial charge in [0.15, 0.2) is 5.11 Å². The molecule has 1 aromatic rings. The molecule has 3 nitrogen and oxygen atoms in total. The normalized spacial score (nSPS) is 9.18. The van der Waals surface area contributed by atoms with Crippen LogP contribution in [0.4, 0.5) is 5.82 Å². The van der Waals surface area contributed by atoms with E-state index in [1.807, 2.05) is 0 Å². The van der Waals surface area contributed by atoms with Crippen LogP contribution in [0.1, 0.15) is 0 Å². The fourth-order valence-corrected chi connectivity index (χ4v) is 0.872. The second-order valence-corrected chi connectivity index (χ2v) is 2.66. The Hall–Kier alpha value is -0.870. The molecule has 3 N–H and O–H groups in total. The summed E-state index contributed by atoms with van der Waals surface area (Å²) in [4.78, 5) is 3.90. The van der Waals surface area contributed by atoms with Crippen molar-refractivity contribution in [2.45, 2.75) is 0 Å². The minimum Gasteiger partial charge on any atom is -0.376 e. The molecule has 0 aliphatic heterocycles. The topological polar surface area (TPSA) is 50.9 Å². The summed E-state index contributed by atoms with van der Waals surface area (Å²) in [6.07, 6.45) is 0. The van der Waals surface area contributed by atoms with Gasteiger partial charge in [-0.05, 0) is 24.4 Å². The monoisotopic (exact) mass is 187 g/mol. The van der Waals surface area contributed by atoms with E-state index < -0.39 is 0 Å². The average Bonchev–Trinajstić information content (AvgIpc) is 1.85. The maximum Gasteiger partial charge on any atom is 0.169 e. The molecule has 0 radical (unpaired) electrons. The molecule has 0 atom stereocenters. The van der Waals surface area contributed by atoms with Gasteiger partial charge in [0.25, 0.3) is 0 Å². The van der Waals surface area contributed by atoms with Gasteiger partial charge in [0.05, 0.1) is 0 Å². The van der Waals surface area contributed by atoms with Crippen molar-refractivity contribution in [3.05, 3.63) is 23.4 Å². The Morgan fingerprint density at radius 1 is 1.64 bits per heavy atom. The lowest BCUT2D eigenvalue weighted by atomic mass is 10.5. The van der Waals surface area contributed by atoms with Gasteiger partial charge in [-0.3, -0.25) is 0 Å². The highest BCUT2D eigenvalue weighted by Gasteiger charge is 1.93. The Bertz CT molecular complexity index is 276. The minimum atomic E-state index is 0.180. The van der Waals surface area contributed by atoms with Gasteiger partial charge in [0.2, 0.25) is 0 Å². The van der Waals surface area contributed by atoms with Gasteiger partial charge in [0.1, 0.15) is 11.0 Å². The maximum absolute atomic E-state index is 5.59. The van der Waals surface area contributed by atoms with Crippen molar-refractivity contribution in [3.8, 4) is 0 Å². The zero-order valence-electron chi connectivity index (χ0n) is 5.54. The first-order valence-electron chi connectivity index (χ1n) is 2.87. The molecule has 1 aromatic heterocycles.